The lowest BCUT2D eigenvalue weighted by atomic mass is 9.91. The highest BCUT2D eigenvalue weighted by Crippen LogP contribution is 2.42. The fraction of sp³-hybridized carbons (Fsp3) is 0.548. The van der Waals surface area contributed by atoms with Crippen molar-refractivity contribution in [3.63, 3.8) is 0 Å². The lowest BCUT2D eigenvalue weighted by Gasteiger charge is -2.32. The van der Waals surface area contributed by atoms with Gasteiger partial charge in [0.05, 0.1) is 23.9 Å². The summed E-state index contributed by atoms with van der Waals surface area (Å²) < 4.78 is 52.9. The summed E-state index contributed by atoms with van der Waals surface area (Å²) in [6, 6.07) is 7.39. The van der Waals surface area contributed by atoms with E-state index in [1.165, 1.54) is 6.07 Å². The van der Waals surface area contributed by atoms with Crippen LogP contribution in [0.2, 0.25) is 0 Å². The molecule has 4 heterocycles. The number of benzene rings is 2. The van der Waals surface area contributed by atoms with Gasteiger partial charge in [0.2, 0.25) is 0 Å². The van der Waals surface area contributed by atoms with Crippen LogP contribution in [0.15, 0.2) is 24.3 Å². The van der Waals surface area contributed by atoms with Gasteiger partial charge in [-0.2, -0.15) is 9.97 Å². The first-order valence-corrected chi connectivity index (χ1v) is 14.4. The van der Waals surface area contributed by atoms with Gasteiger partial charge in [-0.1, -0.05) is 13.0 Å². The summed E-state index contributed by atoms with van der Waals surface area (Å²) >= 11 is 0. The van der Waals surface area contributed by atoms with Gasteiger partial charge in [-0.05, 0) is 65.9 Å². The molecule has 10 heteroatoms. The van der Waals surface area contributed by atoms with E-state index in [2.05, 4.69) is 4.90 Å². The third-order valence-electron chi connectivity index (χ3n) is 8.73. The standard InChI is InChI=1S/C31H38F2N4O4/c1-5-22-25(33)8-7-19-11-21(41-18-38-4)12-23(28(19)22)27-13-26-24(16-39-27)29(36(2)3)35-30(34-26)40-17-31-9-6-10-37(31)15-20(32)14-31/h7-8,11-12,20,27H,5-6,9-10,13-18H2,1-4H3/t20-,27?,31+/m1/s1. The zero-order valence-electron chi connectivity index (χ0n) is 24.2. The van der Waals surface area contributed by atoms with Crippen LogP contribution in [0.5, 0.6) is 11.8 Å². The second-order valence-electron chi connectivity index (χ2n) is 11.6. The molecule has 3 aliphatic heterocycles. The first kappa shape index (κ1) is 28.1. The summed E-state index contributed by atoms with van der Waals surface area (Å²) in [6.07, 6.45) is 2.24. The monoisotopic (exact) mass is 568 g/mol. The van der Waals surface area contributed by atoms with Gasteiger partial charge in [-0.25, -0.2) is 8.78 Å². The van der Waals surface area contributed by atoms with Crippen molar-refractivity contribution in [1.29, 1.82) is 0 Å². The molecule has 1 aromatic heterocycles. The van der Waals surface area contributed by atoms with Crippen LogP contribution < -0.4 is 14.4 Å². The van der Waals surface area contributed by atoms with Crippen molar-refractivity contribution in [2.75, 3.05) is 52.6 Å². The summed E-state index contributed by atoms with van der Waals surface area (Å²) in [5, 5.41) is 1.72. The molecular formula is C31H38F2N4O4. The first-order chi connectivity index (χ1) is 19.8. The fourth-order valence-electron chi connectivity index (χ4n) is 6.84. The van der Waals surface area contributed by atoms with Crippen LogP contribution in [-0.4, -0.2) is 74.3 Å². The molecule has 3 aliphatic rings. The number of ether oxygens (including phenoxy) is 4. The fourth-order valence-corrected chi connectivity index (χ4v) is 6.84. The quantitative estimate of drug-likeness (QED) is 0.329. The number of alkyl halides is 1. The maximum Gasteiger partial charge on any atom is 0.318 e. The van der Waals surface area contributed by atoms with Gasteiger partial charge in [0.25, 0.3) is 0 Å². The van der Waals surface area contributed by atoms with E-state index in [0.29, 0.717) is 56.3 Å². The average Bonchev–Trinajstić information content (AvgIpc) is 3.49. The molecule has 0 amide bonds. The Bertz CT molecular complexity index is 1440. The van der Waals surface area contributed by atoms with Crippen LogP contribution >= 0.6 is 0 Å². The molecule has 0 saturated carbocycles. The molecule has 2 aromatic carbocycles. The van der Waals surface area contributed by atoms with E-state index in [-0.39, 0.29) is 24.3 Å². The number of halogens is 2. The Morgan fingerprint density at radius 1 is 1.20 bits per heavy atom. The SMILES string of the molecule is CCc1c(F)ccc2cc(OCOC)cc(C3Cc4nc(OC[C@@]56CCCN5C[C@H](F)C6)nc(N(C)C)c4CO3)c12. The second kappa shape index (κ2) is 11.3. The normalized spacial score (nSPS) is 24.0. The number of fused-ring (bicyclic) bond motifs is 3. The smallest absolute Gasteiger partial charge is 0.318 e. The largest absolute Gasteiger partial charge is 0.468 e. The molecule has 0 N–H and O–H groups in total. The third-order valence-corrected chi connectivity index (χ3v) is 8.73. The molecule has 41 heavy (non-hydrogen) atoms. The Morgan fingerprint density at radius 2 is 2.05 bits per heavy atom. The molecule has 0 aliphatic carbocycles. The lowest BCUT2D eigenvalue weighted by Crippen LogP contribution is -2.43. The van der Waals surface area contributed by atoms with Crippen molar-refractivity contribution in [2.24, 2.45) is 0 Å². The van der Waals surface area contributed by atoms with Crippen LogP contribution in [0.25, 0.3) is 10.8 Å². The van der Waals surface area contributed by atoms with E-state index in [1.54, 1.807) is 13.2 Å². The van der Waals surface area contributed by atoms with E-state index in [4.69, 9.17) is 28.9 Å². The first-order valence-electron chi connectivity index (χ1n) is 14.4. The molecule has 6 rings (SSSR count). The van der Waals surface area contributed by atoms with Crippen molar-refractivity contribution in [3.05, 3.63) is 52.5 Å². The molecule has 0 spiro atoms. The number of hydrogen-bond donors (Lipinski definition) is 0. The Hall–Kier alpha value is -3.08. The zero-order valence-corrected chi connectivity index (χ0v) is 24.2. The van der Waals surface area contributed by atoms with Gasteiger partial charge in [-0.15, -0.1) is 0 Å². The minimum Gasteiger partial charge on any atom is -0.468 e. The van der Waals surface area contributed by atoms with E-state index in [1.807, 2.05) is 38.1 Å². The Morgan fingerprint density at radius 3 is 2.83 bits per heavy atom. The average molecular weight is 569 g/mol. The molecule has 0 radical (unpaired) electrons. The van der Waals surface area contributed by atoms with Gasteiger partial charge in [0, 0.05) is 46.2 Å². The molecule has 3 aromatic rings. The topological polar surface area (TPSA) is 69.2 Å². The van der Waals surface area contributed by atoms with Crippen molar-refractivity contribution in [1.82, 2.24) is 14.9 Å². The molecule has 8 nitrogen and oxygen atoms in total. The van der Waals surface area contributed by atoms with Gasteiger partial charge >= 0.3 is 6.01 Å². The summed E-state index contributed by atoms with van der Waals surface area (Å²) in [4.78, 5) is 13.7. The maximum absolute atomic E-state index is 15.0. The number of nitrogens with zero attached hydrogens (tertiary/aromatic N) is 4. The van der Waals surface area contributed by atoms with Crippen LogP contribution in [-0.2, 0) is 28.9 Å². The third kappa shape index (κ3) is 5.21. The molecule has 0 bridgehead atoms. The van der Waals surface area contributed by atoms with E-state index >= 15 is 0 Å². The van der Waals surface area contributed by atoms with Crippen molar-refractivity contribution >= 4 is 16.6 Å². The van der Waals surface area contributed by atoms with Gasteiger partial charge in [0.15, 0.2) is 6.79 Å². The summed E-state index contributed by atoms with van der Waals surface area (Å²) in [7, 11) is 5.43. The van der Waals surface area contributed by atoms with E-state index < -0.39 is 6.17 Å². The minimum atomic E-state index is -0.824. The van der Waals surface area contributed by atoms with Crippen molar-refractivity contribution in [3.8, 4) is 11.8 Å². The summed E-state index contributed by atoms with van der Waals surface area (Å²) in [6.45, 7) is 4.09. The molecule has 2 fully saturated rings. The van der Waals surface area contributed by atoms with Crippen LogP contribution in [0.4, 0.5) is 14.6 Å². The number of aryl methyl sites for hydroxylation is 1. The lowest BCUT2D eigenvalue weighted by molar-refractivity contribution is 0.0255. The highest BCUT2D eigenvalue weighted by molar-refractivity contribution is 5.91. The Kier molecular flexibility index (Phi) is 7.74. The molecule has 3 atom stereocenters. The van der Waals surface area contributed by atoms with Gasteiger partial charge in [-0.3, -0.25) is 4.90 Å². The minimum absolute atomic E-state index is 0.101. The number of aromatic nitrogens is 2. The Balaban J connectivity index is 1.35. The number of rotatable bonds is 9. The van der Waals surface area contributed by atoms with Gasteiger partial charge in [0.1, 0.15) is 30.2 Å². The second-order valence-corrected chi connectivity index (χ2v) is 11.6. The maximum atomic E-state index is 15.0. The Labute approximate surface area is 239 Å². The number of hydrogen-bond acceptors (Lipinski definition) is 8. The van der Waals surface area contributed by atoms with Crippen LogP contribution in [0, 0.1) is 5.82 Å². The highest BCUT2D eigenvalue weighted by atomic mass is 19.1. The predicted molar refractivity (Wildman–Crippen MR) is 152 cm³/mol. The van der Waals surface area contributed by atoms with Crippen LogP contribution in [0.1, 0.15) is 54.7 Å². The van der Waals surface area contributed by atoms with Gasteiger partial charge < -0.3 is 23.8 Å². The highest BCUT2D eigenvalue weighted by Gasteiger charge is 2.49. The predicted octanol–water partition coefficient (Wildman–Crippen LogP) is 5.15. The van der Waals surface area contributed by atoms with Crippen molar-refractivity contribution in [2.45, 2.75) is 63.4 Å². The van der Waals surface area contributed by atoms with Crippen molar-refractivity contribution < 1.29 is 27.7 Å². The summed E-state index contributed by atoms with van der Waals surface area (Å²) in [5.41, 5.74) is 2.95. The van der Waals surface area contributed by atoms with E-state index in [0.717, 1.165) is 52.8 Å². The molecular weight excluding hydrogens is 530 g/mol. The van der Waals surface area contributed by atoms with Crippen LogP contribution in [0.3, 0.4) is 0 Å². The molecule has 1 unspecified atom stereocenters. The number of anilines is 1. The molecule has 2 saturated heterocycles. The van der Waals surface area contributed by atoms with E-state index in [9.17, 15) is 8.78 Å². The summed E-state index contributed by atoms with van der Waals surface area (Å²) in [5.74, 6) is 1.13. The number of methoxy groups -OCH3 is 1. The zero-order chi connectivity index (χ0) is 28.7. The molecule has 220 valence electrons.